The predicted octanol–water partition coefficient (Wildman–Crippen LogP) is 2.78. The average molecular weight is 253 g/mol. The van der Waals surface area contributed by atoms with Gasteiger partial charge in [-0.15, -0.1) is 11.3 Å². The van der Waals surface area contributed by atoms with Crippen LogP contribution in [0.3, 0.4) is 0 Å². The van der Waals surface area contributed by atoms with Crippen molar-refractivity contribution in [3.8, 4) is 0 Å². The minimum atomic E-state index is 0.696. The van der Waals surface area contributed by atoms with Gasteiger partial charge in [0, 0.05) is 18.3 Å². The zero-order valence-electron chi connectivity index (χ0n) is 10.7. The van der Waals surface area contributed by atoms with E-state index in [4.69, 9.17) is 5.73 Å². The van der Waals surface area contributed by atoms with Crippen molar-refractivity contribution in [1.29, 1.82) is 0 Å². The van der Waals surface area contributed by atoms with Crippen LogP contribution >= 0.6 is 11.3 Å². The molecular weight excluding hydrogens is 230 g/mol. The molecule has 0 unspecified atom stereocenters. The van der Waals surface area contributed by atoms with E-state index in [1.165, 1.54) is 38.8 Å². The number of hydrogen-bond donors (Lipinski definition) is 1. The molecular formula is C13H23N3S. The van der Waals surface area contributed by atoms with Crippen LogP contribution in [0.2, 0.25) is 0 Å². The molecule has 0 bridgehead atoms. The second-order valence-electron chi connectivity index (χ2n) is 5.00. The maximum Gasteiger partial charge on any atom is 0.180 e. The minimum Gasteiger partial charge on any atom is -0.375 e. The van der Waals surface area contributed by atoms with Gasteiger partial charge in [0.25, 0.3) is 0 Å². The number of anilines is 1. The Kier molecular flexibility index (Phi) is 4.80. The fraction of sp³-hybridized carbons (Fsp3) is 0.769. The second-order valence-corrected chi connectivity index (χ2v) is 5.89. The summed E-state index contributed by atoms with van der Waals surface area (Å²) in [7, 11) is 0. The fourth-order valence-electron chi connectivity index (χ4n) is 2.62. The van der Waals surface area contributed by atoms with Crippen molar-refractivity contribution < 1.29 is 0 Å². The highest BCUT2D eigenvalue weighted by Crippen LogP contribution is 2.22. The van der Waals surface area contributed by atoms with Crippen LogP contribution in [0, 0.1) is 5.92 Å². The lowest BCUT2D eigenvalue weighted by molar-refractivity contribution is 0.180. The number of aromatic nitrogens is 1. The number of hydrogen-bond acceptors (Lipinski definition) is 4. The van der Waals surface area contributed by atoms with E-state index in [2.05, 4.69) is 22.2 Å². The molecule has 0 spiro atoms. The standard InChI is InChI=1S/C13H23N3S/c1-2-3-11-4-7-16(8-5-11)9-6-12-10-17-13(14)15-12/h10-11H,2-9H2,1H3,(H2,14,15). The van der Waals surface area contributed by atoms with Gasteiger partial charge in [-0.05, 0) is 31.8 Å². The Labute approximate surface area is 108 Å². The third-order valence-electron chi connectivity index (χ3n) is 3.66. The minimum absolute atomic E-state index is 0.696. The van der Waals surface area contributed by atoms with Crippen molar-refractivity contribution in [3.05, 3.63) is 11.1 Å². The number of nitrogens with two attached hydrogens (primary N) is 1. The van der Waals surface area contributed by atoms with Crippen molar-refractivity contribution in [2.75, 3.05) is 25.4 Å². The quantitative estimate of drug-likeness (QED) is 0.877. The van der Waals surface area contributed by atoms with Crippen LogP contribution in [-0.2, 0) is 6.42 Å². The second kappa shape index (κ2) is 6.36. The predicted molar refractivity (Wildman–Crippen MR) is 74.3 cm³/mol. The summed E-state index contributed by atoms with van der Waals surface area (Å²) in [5.41, 5.74) is 6.79. The van der Waals surface area contributed by atoms with Crippen LogP contribution in [0.4, 0.5) is 5.13 Å². The van der Waals surface area contributed by atoms with Crippen molar-refractivity contribution in [2.45, 2.75) is 39.0 Å². The Bertz CT molecular complexity index is 329. The number of likely N-dealkylation sites (tertiary alicyclic amines) is 1. The molecule has 0 aliphatic carbocycles. The van der Waals surface area contributed by atoms with Crippen molar-refractivity contribution in [1.82, 2.24) is 9.88 Å². The first-order valence-electron chi connectivity index (χ1n) is 6.70. The number of piperidine rings is 1. The normalized spacial score (nSPS) is 18.6. The summed E-state index contributed by atoms with van der Waals surface area (Å²) in [6, 6.07) is 0. The number of nitrogen functional groups attached to an aromatic ring is 1. The lowest BCUT2D eigenvalue weighted by Crippen LogP contribution is -2.35. The molecule has 2 heterocycles. The van der Waals surface area contributed by atoms with Gasteiger partial charge in [0.1, 0.15) is 0 Å². The fourth-order valence-corrected chi connectivity index (χ4v) is 3.21. The summed E-state index contributed by atoms with van der Waals surface area (Å²) in [5.74, 6) is 0.978. The van der Waals surface area contributed by atoms with Gasteiger partial charge >= 0.3 is 0 Å². The Hall–Kier alpha value is -0.610. The maximum absolute atomic E-state index is 5.63. The molecule has 96 valence electrons. The van der Waals surface area contributed by atoms with E-state index >= 15 is 0 Å². The SMILES string of the molecule is CCCC1CCN(CCc2csc(N)n2)CC1. The van der Waals surface area contributed by atoms with E-state index in [0.717, 1.165) is 24.6 Å². The van der Waals surface area contributed by atoms with Gasteiger partial charge in [-0.2, -0.15) is 0 Å². The Morgan fingerprint density at radius 2 is 2.24 bits per heavy atom. The van der Waals surface area contributed by atoms with E-state index < -0.39 is 0 Å². The van der Waals surface area contributed by atoms with Gasteiger partial charge in [0.05, 0.1) is 5.69 Å². The monoisotopic (exact) mass is 253 g/mol. The Morgan fingerprint density at radius 3 is 2.82 bits per heavy atom. The summed E-state index contributed by atoms with van der Waals surface area (Å²) in [6.07, 6.45) is 6.56. The molecule has 1 saturated heterocycles. The van der Waals surface area contributed by atoms with Gasteiger partial charge in [-0.3, -0.25) is 0 Å². The van der Waals surface area contributed by atoms with E-state index in [0.29, 0.717) is 5.13 Å². The molecule has 2 N–H and O–H groups in total. The lowest BCUT2D eigenvalue weighted by Gasteiger charge is -2.31. The largest absolute Gasteiger partial charge is 0.375 e. The third-order valence-corrected chi connectivity index (χ3v) is 4.38. The number of rotatable bonds is 5. The zero-order chi connectivity index (χ0) is 12.1. The van der Waals surface area contributed by atoms with E-state index in [-0.39, 0.29) is 0 Å². The van der Waals surface area contributed by atoms with Crippen LogP contribution in [0.25, 0.3) is 0 Å². The first kappa shape index (κ1) is 12.8. The molecule has 1 aromatic rings. The van der Waals surface area contributed by atoms with E-state index in [1.807, 2.05) is 0 Å². The summed E-state index contributed by atoms with van der Waals surface area (Å²) < 4.78 is 0. The first-order valence-corrected chi connectivity index (χ1v) is 7.58. The van der Waals surface area contributed by atoms with Crippen molar-refractivity contribution in [3.63, 3.8) is 0 Å². The molecule has 1 aromatic heterocycles. The molecule has 1 fully saturated rings. The molecule has 0 atom stereocenters. The van der Waals surface area contributed by atoms with Gasteiger partial charge in [0.15, 0.2) is 5.13 Å². The summed E-state index contributed by atoms with van der Waals surface area (Å²) in [5, 5.41) is 2.78. The number of thiazole rings is 1. The van der Waals surface area contributed by atoms with Gasteiger partial charge in [-0.1, -0.05) is 19.8 Å². The molecule has 17 heavy (non-hydrogen) atoms. The highest BCUT2D eigenvalue weighted by molar-refractivity contribution is 7.13. The van der Waals surface area contributed by atoms with Gasteiger partial charge < -0.3 is 10.6 Å². The zero-order valence-corrected chi connectivity index (χ0v) is 11.5. The highest BCUT2D eigenvalue weighted by atomic mass is 32.1. The van der Waals surface area contributed by atoms with Crippen LogP contribution in [0.5, 0.6) is 0 Å². The smallest absolute Gasteiger partial charge is 0.180 e. The van der Waals surface area contributed by atoms with Crippen molar-refractivity contribution >= 4 is 16.5 Å². The molecule has 3 nitrogen and oxygen atoms in total. The lowest BCUT2D eigenvalue weighted by atomic mass is 9.92. The molecule has 4 heteroatoms. The third kappa shape index (κ3) is 3.96. The van der Waals surface area contributed by atoms with Crippen LogP contribution in [0.1, 0.15) is 38.3 Å². The summed E-state index contributed by atoms with van der Waals surface area (Å²) in [4.78, 5) is 6.88. The van der Waals surface area contributed by atoms with E-state index in [9.17, 15) is 0 Å². The molecule has 1 aliphatic heterocycles. The van der Waals surface area contributed by atoms with Crippen molar-refractivity contribution in [2.24, 2.45) is 5.92 Å². The van der Waals surface area contributed by atoms with Crippen LogP contribution in [-0.4, -0.2) is 29.5 Å². The van der Waals surface area contributed by atoms with Gasteiger partial charge in [-0.25, -0.2) is 4.98 Å². The summed E-state index contributed by atoms with van der Waals surface area (Å²) in [6.45, 7) is 5.97. The molecule has 2 rings (SSSR count). The molecule has 0 aromatic carbocycles. The topological polar surface area (TPSA) is 42.1 Å². The van der Waals surface area contributed by atoms with Crippen LogP contribution in [0.15, 0.2) is 5.38 Å². The van der Waals surface area contributed by atoms with Gasteiger partial charge in [0.2, 0.25) is 0 Å². The van der Waals surface area contributed by atoms with Crippen LogP contribution < -0.4 is 5.73 Å². The Balaban J connectivity index is 1.68. The molecule has 0 radical (unpaired) electrons. The molecule has 0 saturated carbocycles. The molecule has 0 amide bonds. The Morgan fingerprint density at radius 1 is 1.47 bits per heavy atom. The molecule has 1 aliphatic rings. The first-order chi connectivity index (χ1) is 8.28. The number of nitrogens with zero attached hydrogens (tertiary/aromatic N) is 2. The van der Waals surface area contributed by atoms with E-state index in [1.54, 1.807) is 11.3 Å². The maximum atomic E-state index is 5.63. The summed E-state index contributed by atoms with van der Waals surface area (Å²) >= 11 is 1.55. The highest BCUT2D eigenvalue weighted by Gasteiger charge is 2.18. The average Bonchev–Trinajstić information content (AvgIpc) is 2.75.